The van der Waals surface area contributed by atoms with E-state index in [0.717, 1.165) is 72.5 Å². The molecular weight excluding hydrogens is 362 g/mol. The summed E-state index contributed by atoms with van der Waals surface area (Å²) in [6, 6.07) is 18.3. The van der Waals surface area contributed by atoms with Gasteiger partial charge in [0, 0.05) is 42.0 Å². The van der Waals surface area contributed by atoms with Gasteiger partial charge in [-0.3, -0.25) is 4.90 Å². The van der Waals surface area contributed by atoms with Gasteiger partial charge in [-0.2, -0.15) is 0 Å². The Balaban J connectivity index is 1.49. The number of rotatable bonds is 5. The van der Waals surface area contributed by atoms with Crippen LogP contribution in [0.5, 0.6) is 0 Å². The van der Waals surface area contributed by atoms with Crippen molar-refractivity contribution in [3.05, 3.63) is 60.3 Å². The summed E-state index contributed by atoms with van der Waals surface area (Å²) in [5, 5.41) is 2.18. The van der Waals surface area contributed by atoms with Crippen LogP contribution in [-0.4, -0.2) is 52.7 Å². The standard InChI is InChI=1S/C23H25N5O/c24-18(9-10-28-11-13-29-14-12-28)22-17-6-2-4-8-20(17)26-23(27-22)21-15-16-5-1-3-7-19(16)25-21/h1-8,15,18,25H,9-14,24H2. The number of aromatic amines is 1. The van der Waals surface area contributed by atoms with Crippen LogP contribution in [0, 0.1) is 0 Å². The largest absolute Gasteiger partial charge is 0.379 e. The molecule has 0 spiro atoms. The van der Waals surface area contributed by atoms with Gasteiger partial charge in [0.15, 0.2) is 5.82 Å². The Bertz CT molecular complexity index is 1100. The Morgan fingerprint density at radius 3 is 2.69 bits per heavy atom. The number of H-pyrrole nitrogens is 1. The lowest BCUT2D eigenvalue weighted by Gasteiger charge is -2.27. The lowest BCUT2D eigenvalue weighted by atomic mass is 10.0. The lowest BCUT2D eigenvalue weighted by molar-refractivity contribution is 0.0366. The van der Waals surface area contributed by atoms with Crippen molar-refractivity contribution in [2.45, 2.75) is 12.5 Å². The van der Waals surface area contributed by atoms with Gasteiger partial charge in [-0.25, -0.2) is 9.97 Å². The summed E-state index contributed by atoms with van der Waals surface area (Å²) in [6.45, 7) is 4.49. The summed E-state index contributed by atoms with van der Waals surface area (Å²) in [5.74, 6) is 0.691. The highest BCUT2D eigenvalue weighted by molar-refractivity contribution is 5.87. The second-order valence-electron chi connectivity index (χ2n) is 7.57. The van der Waals surface area contributed by atoms with E-state index >= 15 is 0 Å². The molecule has 1 saturated heterocycles. The van der Waals surface area contributed by atoms with Crippen LogP contribution in [0.25, 0.3) is 33.3 Å². The van der Waals surface area contributed by atoms with E-state index in [4.69, 9.17) is 20.4 Å². The molecule has 1 fully saturated rings. The fraction of sp³-hybridized carbons (Fsp3) is 0.304. The molecule has 1 unspecified atom stereocenters. The van der Waals surface area contributed by atoms with E-state index < -0.39 is 0 Å². The number of nitrogens with two attached hydrogens (primary N) is 1. The number of hydrogen-bond acceptors (Lipinski definition) is 5. The summed E-state index contributed by atoms with van der Waals surface area (Å²) >= 11 is 0. The number of hydrogen-bond donors (Lipinski definition) is 2. The molecule has 3 heterocycles. The van der Waals surface area contributed by atoms with E-state index in [-0.39, 0.29) is 6.04 Å². The number of para-hydroxylation sites is 2. The molecule has 6 nitrogen and oxygen atoms in total. The van der Waals surface area contributed by atoms with Crippen molar-refractivity contribution in [1.82, 2.24) is 19.9 Å². The first kappa shape index (κ1) is 18.2. The van der Waals surface area contributed by atoms with E-state index in [1.807, 2.05) is 30.3 Å². The summed E-state index contributed by atoms with van der Waals surface area (Å²) in [7, 11) is 0. The van der Waals surface area contributed by atoms with Gasteiger partial charge in [0.25, 0.3) is 0 Å². The Morgan fingerprint density at radius 1 is 1.03 bits per heavy atom. The zero-order valence-electron chi connectivity index (χ0n) is 16.3. The first-order chi connectivity index (χ1) is 14.3. The zero-order valence-corrected chi connectivity index (χ0v) is 16.3. The monoisotopic (exact) mass is 387 g/mol. The van der Waals surface area contributed by atoms with Gasteiger partial charge in [-0.05, 0) is 24.6 Å². The molecule has 0 aliphatic carbocycles. The van der Waals surface area contributed by atoms with Gasteiger partial charge in [0.1, 0.15) is 0 Å². The van der Waals surface area contributed by atoms with Crippen LogP contribution in [0.3, 0.4) is 0 Å². The molecule has 3 N–H and O–H groups in total. The highest BCUT2D eigenvalue weighted by Crippen LogP contribution is 2.27. The third-order valence-electron chi connectivity index (χ3n) is 5.61. The highest BCUT2D eigenvalue weighted by Gasteiger charge is 2.18. The Kier molecular flexibility index (Phi) is 4.97. The minimum absolute atomic E-state index is 0.145. The molecule has 148 valence electrons. The van der Waals surface area contributed by atoms with Crippen LogP contribution in [0.15, 0.2) is 54.6 Å². The van der Waals surface area contributed by atoms with Crippen molar-refractivity contribution in [2.24, 2.45) is 5.73 Å². The second kappa shape index (κ2) is 7.91. The number of nitrogens with one attached hydrogen (secondary N) is 1. The van der Waals surface area contributed by atoms with E-state index in [2.05, 4.69) is 34.1 Å². The quantitative estimate of drug-likeness (QED) is 0.548. The van der Waals surface area contributed by atoms with E-state index in [0.29, 0.717) is 5.82 Å². The summed E-state index contributed by atoms with van der Waals surface area (Å²) in [4.78, 5) is 15.6. The minimum atomic E-state index is -0.145. The van der Waals surface area contributed by atoms with Gasteiger partial charge in [0.05, 0.1) is 30.1 Å². The van der Waals surface area contributed by atoms with Crippen molar-refractivity contribution in [1.29, 1.82) is 0 Å². The third kappa shape index (κ3) is 3.74. The maximum Gasteiger partial charge on any atom is 0.176 e. The number of nitrogens with zero attached hydrogens (tertiary/aromatic N) is 3. The minimum Gasteiger partial charge on any atom is -0.379 e. The normalized spacial score (nSPS) is 16.4. The Labute approximate surface area is 169 Å². The smallest absolute Gasteiger partial charge is 0.176 e. The van der Waals surface area contributed by atoms with Crippen LogP contribution in [0.2, 0.25) is 0 Å². The number of morpholine rings is 1. The molecule has 5 rings (SSSR count). The molecule has 0 bridgehead atoms. The fourth-order valence-corrected chi connectivity index (χ4v) is 3.98. The van der Waals surface area contributed by atoms with E-state index in [9.17, 15) is 0 Å². The highest BCUT2D eigenvalue weighted by atomic mass is 16.5. The lowest BCUT2D eigenvalue weighted by Crippen LogP contribution is -2.37. The average Bonchev–Trinajstić information content (AvgIpc) is 3.22. The summed E-state index contributed by atoms with van der Waals surface area (Å²) < 4.78 is 5.44. The number of ether oxygens (including phenoxy) is 1. The Hall–Kier alpha value is -2.80. The van der Waals surface area contributed by atoms with Crippen molar-refractivity contribution in [3.8, 4) is 11.5 Å². The molecule has 29 heavy (non-hydrogen) atoms. The van der Waals surface area contributed by atoms with Gasteiger partial charge in [-0.15, -0.1) is 0 Å². The Morgan fingerprint density at radius 2 is 1.83 bits per heavy atom. The molecule has 4 aromatic rings. The van der Waals surface area contributed by atoms with Crippen LogP contribution < -0.4 is 5.73 Å². The van der Waals surface area contributed by atoms with E-state index in [1.165, 1.54) is 0 Å². The van der Waals surface area contributed by atoms with Gasteiger partial charge in [-0.1, -0.05) is 36.4 Å². The predicted octanol–water partition coefficient (Wildman–Crippen LogP) is 3.50. The zero-order chi connectivity index (χ0) is 19.6. The first-order valence-electron chi connectivity index (χ1n) is 10.2. The van der Waals surface area contributed by atoms with E-state index in [1.54, 1.807) is 0 Å². The molecule has 2 aromatic heterocycles. The molecule has 1 aliphatic rings. The molecule has 0 saturated carbocycles. The molecule has 0 amide bonds. The van der Waals surface area contributed by atoms with Crippen LogP contribution in [-0.2, 0) is 4.74 Å². The predicted molar refractivity (Wildman–Crippen MR) is 116 cm³/mol. The SMILES string of the molecule is NC(CCN1CCOCC1)c1nc(-c2cc3ccccc3[nH]2)nc2ccccc12. The average molecular weight is 387 g/mol. The van der Waals surface area contributed by atoms with Crippen LogP contribution in [0.4, 0.5) is 0 Å². The molecule has 1 atom stereocenters. The summed E-state index contributed by atoms with van der Waals surface area (Å²) in [6.07, 6.45) is 0.854. The fourth-order valence-electron chi connectivity index (χ4n) is 3.98. The van der Waals surface area contributed by atoms with Crippen molar-refractivity contribution in [2.75, 3.05) is 32.8 Å². The van der Waals surface area contributed by atoms with Crippen LogP contribution in [0.1, 0.15) is 18.2 Å². The number of fused-ring (bicyclic) bond motifs is 2. The maximum atomic E-state index is 6.64. The number of aromatic nitrogens is 3. The van der Waals surface area contributed by atoms with Crippen molar-refractivity contribution >= 4 is 21.8 Å². The molecular formula is C23H25N5O. The van der Waals surface area contributed by atoms with Crippen LogP contribution >= 0.6 is 0 Å². The molecule has 6 heteroatoms. The van der Waals surface area contributed by atoms with Gasteiger partial charge < -0.3 is 15.5 Å². The second-order valence-corrected chi connectivity index (χ2v) is 7.57. The van der Waals surface area contributed by atoms with Gasteiger partial charge >= 0.3 is 0 Å². The summed E-state index contributed by atoms with van der Waals surface area (Å²) in [5.41, 5.74) is 10.5. The molecule has 2 aromatic carbocycles. The third-order valence-corrected chi connectivity index (χ3v) is 5.61. The maximum absolute atomic E-state index is 6.64. The number of benzene rings is 2. The first-order valence-corrected chi connectivity index (χ1v) is 10.2. The topological polar surface area (TPSA) is 80.1 Å². The van der Waals surface area contributed by atoms with Gasteiger partial charge in [0.2, 0.25) is 0 Å². The molecule has 0 radical (unpaired) electrons. The van der Waals surface area contributed by atoms with Crippen molar-refractivity contribution < 1.29 is 4.74 Å². The van der Waals surface area contributed by atoms with Crippen molar-refractivity contribution in [3.63, 3.8) is 0 Å². The molecule has 1 aliphatic heterocycles.